The van der Waals surface area contributed by atoms with Gasteiger partial charge in [-0.2, -0.15) is 0 Å². The normalized spacial score (nSPS) is 32.5. The van der Waals surface area contributed by atoms with Crippen LogP contribution in [0.3, 0.4) is 0 Å². The van der Waals surface area contributed by atoms with Crippen LogP contribution < -0.4 is 0 Å². The highest BCUT2D eigenvalue weighted by Gasteiger charge is 2.42. The second kappa shape index (κ2) is 6.16. The topological polar surface area (TPSA) is 20.3 Å². The minimum absolute atomic E-state index is 0.368. The molecular formula is C20H27NO. The lowest BCUT2D eigenvalue weighted by atomic mass is 9.70. The predicted molar refractivity (Wildman–Crippen MR) is 88.5 cm³/mol. The Labute approximate surface area is 133 Å². The van der Waals surface area contributed by atoms with Gasteiger partial charge in [0.05, 0.1) is 0 Å². The fourth-order valence-electron chi connectivity index (χ4n) is 4.79. The standard InChI is InChI=1S/C20H27NO/c22-20(16-8-4-9-16)17-12-18-10-5-11-19(13-17)21(18)14-15-6-2-1-3-7-15/h1-3,6-7,16-19H,4-5,8-14H2. The molecule has 2 saturated heterocycles. The number of carbonyl (C=O) groups excluding carboxylic acids is 1. The third-order valence-corrected chi connectivity index (χ3v) is 6.24. The quantitative estimate of drug-likeness (QED) is 0.830. The average molecular weight is 297 g/mol. The van der Waals surface area contributed by atoms with Crippen LogP contribution in [0.4, 0.5) is 0 Å². The molecule has 2 heterocycles. The van der Waals surface area contributed by atoms with Crippen LogP contribution in [0.25, 0.3) is 0 Å². The molecule has 4 rings (SSSR count). The number of nitrogens with zero attached hydrogens (tertiary/aromatic N) is 1. The SMILES string of the molecule is O=C(C1CCC1)C1CC2CCCC(C1)N2Cc1ccccc1. The molecule has 2 aliphatic heterocycles. The van der Waals surface area contributed by atoms with Gasteiger partial charge < -0.3 is 0 Å². The third-order valence-electron chi connectivity index (χ3n) is 6.24. The fraction of sp³-hybridized carbons (Fsp3) is 0.650. The van der Waals surface area contributed by atoms with Crippen molar-refractivity contribution in [2.45, 2.75) is 70.0 Å². The molecule has 0 N–H and O–H groups in total. The van der Waals surface area contributed by atoms with Gasteiger partial charge in [-0.05, 0) is 44.1 Å². The summed E-state index contributed by atoms with van der Waals surface area (Å²) in [7, 11) is 0. The molecule has 2 heteroatoms. The number of carbonyl (C=O) groups is 1. The second-order valence-corrected chi connectivity index (χ2v) is 7.60. The van der Waals surface area contributed by atoms with Crippen molar-refractivity contribution in [2.24, 2.45) is 11.8 Å². The molecule has 1 saturated carbocycles. The number of Topliss-reactive ketones (excluding diaryl/α,β-unsaturated/α-hetero) is 1. The summed E-state index contributed by atoms with van der Waals surface area (Å²) in [6.45, 7) is 1.07. The molecule has 2 bridgehead atoms. The Bertz CT molecular complexity index is 508. The van der Waals surface area contributed by atoms with Gasteiger partial charge in [0.25, 0.3) is 0 Å². The van der Waals surface area contributed by atoms with Crippen molar-refractivity contribution >= 4 is 5.78 Å². The summed E-state index contributed by atoms with van der Waals surface area (Å²) in [5, 5.41) is 0. The van der Waals surface area contributed by atoms with Gasteiger partial charge in [-0.15, -0.1) is 0 Å². The third kappa shape index (κ3) is 2.74. The average Bonchev–Trinajstić information content (AvgIpc) is 2.46. The molecule has 1 aliphatic carbocycles. The summed E-state index contributed by atoms with van der Waals surface area (Å²) in [5.41, 5.74) is 1.42. The Morgan fingerprint density at radius 3 is 2.14 bits per heavy atom. The first-order valence-corrected chi connectivity index (χ1v) is 9.14. The first-order valence-electron chi connectivity index (χ1n) is 9.14. The maximum atomic E-state index is 12.7. The predicted octanol–water partition coefficient (Wildman–Crippen LogP) is 4.19. The summed E-state index contributed by atoms with van der Waals surface area (Å²) in [6.07, 6.45) is 9.78. The van der Waals surface area contributed by atoms with E-state index in [-0.39, 0.29) is 0 Å². The van der Waals surface area contributed by atoms with E-state index in [1.54, 1.807) is 0 Å². The van der Waals surface area contributed by atoms with E-state index in [1.165, 1.54) is 44.1 Å². The van der Waals surface area contributed by atoms with Crippen molar-refractivity contribution in [3.8, 4) is 0 Å². The van der Waals surface area contributed by atoms with Gasteiger partial charge in [0, 0.05) is 30.5 Å². The maximum absolute atomic E-state index is 12.7. The summed E-state index contributed by atoms with van der Waals surface area (Å²) < 4.78 is 0. The van der Waals surface area contributed by atoms with Crippen LogP contribution in [-0.4, -0.2) is 22.8 Å². The lowest BCUT2D eigenvalue weighted by Gasteiger charge is -2.49. The van der Waals surface area contributed by atoms with E-state index in [4.69, 9.17) is 0 Å². The van der Waals surface area contributed by atoms with E-state index >= 15 is 0 Å². The Kier molecular flexibility index (Phi) is 4.04. The lowest BCUT2D eigenvalue weighted by Crippen LogP contribution is -2.53. The van der Waals surface area contributed by atoms with E-state index in [9.17, 15) is 4.79 Å². The minimum atomic E-state index is 0.368. The molecule has 2 unspecified atom stereocenters. The molecule has 0 radical (unpaired) electrons. The summed E-state index contributed by atoms with van der Waals surface area (Å²) in [4.78, 5) is 15.4. The van der Waals surface area contributed by atoms with Crippen LogP contribution in [0.5, 0.6) is 0 Å². The highest BCUT2D eigenvalue weighted by molar-refractivity contribution is 5.84. The largest absolute Gasteiger partial charge is 0.299 e. The molecule has 22 heavy (non-hydrogen) atoms. The number of rotatable bonds is 4. The van der Waals surface area contributed by atoms with Crippen molar-refractivity contribution in [2.75, 3.05) is 0 Å². The number of ketones is 1. The molecule has 2 atom stereocenters. The lowest BCUT2D eigenvalue weighted by molar-refractivity contribution is -0.133. The van der Waals surface area contributed by atoms with E-state index < -0.39 is 0 Å². The number of hydrogen-bond donors (Lipinski definition) is 0. The van der Waals surface area contributed by atoms with Gasteiger partial charge in [-0.25, -0.2) is 0 Å². The van der Waals surface area contributed by atoms with E-state index in [1.807, 2.05) is 0 Å². The van der Waals surface area contributed by atoms with Gasteiger partial charge in [0.2, 0.25) is 0 Å². The first kappa shape index (κ1) is 14.4. The number of hydrogen-bond acceptors (Lipinski definition) is 2. The van der Waals surface area contributed by atoms with Crippen LogP contribution >= 0.6 is 0 Å². The Balaban J connectivity index is 1.46. The second-order valence-electron chi connectivity index (χ2n) is 7.60. The van der Waals surface area contributed by atoms with Crippen molar-refractivity contribution < 1.29 is 4.79 Å². The zero-order valence-electron chi connectivity index (χ0n) is 13.4. The van der Waals surface area contributed by atoms with E-state index in [0.717, 1.165) is 19.4 Å². The summed E-state index contributed by atoms with van der Waals surface area (Å²) >= 11 is 0. The molecule has 0 spiro atoms. The van der Waals surface area contributed by atoms with Gasteiger partial charge in [0.1, 0.15) is 5.78 Å². The Morgan fingerprint density at radius 2 is 1.55 bits per heavy atom. The minimum Gasteiger partial charge on any atom is -0.299 e. The first-order chi connectivity index (χ1) is 10.8. The molecule has 1 aromatic carbocycles. The molecule has 1 aromatic rings. The molecule has 3 fully saturated rings. The number of benzene rings is 1. The van der Waals surface area contributed by atoms with Crippen molar-refractivity contribution in [1.82, 2.24) is 4.90 Å². The smallest absolute Gasteiger partial charge is 0.139 e. The monoisotopic (exact) mass is 297 g/mol. The van der Waals surface area contributed by atoms with Gasteiger partial charge in [-0.3, -0.25) is 9.69 Å². The Hall–Kier alpha value is -1.15. The van der Waals surface area contributed by atoms with Crippen LogP contribution in [0.1, 0.15) is 56.9 Å². The highest BCUT2D eigenvalue weighted by Crippen LogP contribution is 2.41. The molecule has 0 amide bonds. The molecule has 2 nitrogen and oxygen atoms in total. The van der Waals surface area contributed by atoms with Crippen LogP contribution in [0.2, 0.25) is 0 Å². The van der Waals surface area contributed by atoms with E-state index in [2.05, 4.69) is 35.2 Å². The maximum Gasteiger partial charge on any atom is 0.139 e. The zero-order chi connectivity index (χ0) is 14.9. The highest BCUT2D eigenvalue weighted by atomic mass is 16.1. The van der Waals surface area contributed by atoms with Crippen molar-refractivity contribution in [3.63, 3.8) is 0 Å². The number of fused-ring (bicyclic) bond motifs is 2. The molecule has 3 aliphatic rings. The molecule has 0 aromatic heterocycles. The molecule has 118 valence electrons. The van der Waals surface area contributed by atoms with Crippen molar-refractivity contribution in [1.29, 1.82) is 0 Å². The van der Waals surface area contributed by atoms with Gasteiger partial charge in [0.15, 0.2) is 0 Å². The van der Waals surface area contributed by atoms with Crippen molar-refractivity contribution in [3.05, 3.63) is 35.9 Å². The van der Waals surface area contributed by atoms with Gasteiger partial charge in [-0.1, -0.05) is 43.2 Å². The Morgan fingerprint density at radius 1 is 0.909 bits per heavy atom. The van der Waals surface area contributed by atoms with Crippen LogP contribution in [0, 0.1) is 11.8 Å². The summed E-state index contributed by atoms with van der Waals surface area (Å²) in [5.74, 6) is 1.40. The van der Waals surface area contributed by atoms with E-state index in [0.29, 0.717) is 29.7 Å². The van der Waals surface area contributed by atoms with Crippen LogP contribution in [-0.2, 0) is 11.3 Å². The van der Waals surface area contributed by atoms with Crippen LogP contribution in [0.15, 0.2) is 30.3 Å². The molecular weight excluding hydrogens is 270 g/mol. The number of piperidine rings is 2. The fourth-order valence-corrected chi connectivity index (χ4v) is 4.79. The summed E-state index contributed by atoms with van der Waals surface area (Å²) in [6, 6.07) is 12.1. The zero-order valence-corrected chi connectivity index (χ0v) is 13.4. The van der Waals surface area contributed by atoms with Gasteiger partial charge >= 0.3 is 0 Å².